The fraction of sp³-hybridized carbons (Fsp3) is 0.913. The molecule has 3 heterocycles. The Bertz CT molecular complexity index is 1050. The highest BCUT2D eigenvalue weighted by Gasteiger charge is 2.45. The summed E-state index contributed by atoms with van der Waals surface area (Å²) in [5, 5.41) is 0. The largest absolute Gasteiger partial charge is 0.475 e. The average molecular weight is 642 g/mol. The molecule has 3 rings (SSSR count). The molecule has 0 N–H and O–H groups in total. The molecule has 11 atom stereocenters. The summed E-state index contributed by atoms with van der Waals surface area (Å²) < 4.78 is 88.0. The molecule has 20 heteroatoms. The van der Waals surface area contributed by atoms with Crippen LogP contribution in [0.2, 0.25) is 0 Å². The predicted octanol–water partition coefficient (Wildman–Crippen LogP) is 1.39. The van der Waals surface area contributed by atoms with Gasteiger partial charge in [-0.15, -0.1) is 0 Å². The minimum atomic E-state index is -4.32. The summed E-state index contributed by atoms with van der Waals surface area (Å²) in [4.78, 5) is 6.37. The fourth-order valence-electron chi connectivity index (χ4n) is 4.57. The molecule has 0 aromatic heterocycles. The first-order valence-corrected chi connectivity index (χ1v) is 16.5. The van der Waals surface area contributed by atoms with Crippen molar-refractivity contribution in [2.45, 2.75) is 73.9 Å². The summed E-state index contributed by atoms with van der Waals surface area (Å²) in [6.45, 7) is 12.7. The van der Waals surface area contributed by atoms with E-state index in [1.54, 1.807) is 0 Å². The van der Waals surface area contributed by atoms with Crippen molar-refractivity contribution in [3.8, 4) is 0 Å². The third-order valence-electron chi connectivity index (χ3n) is 6.55. The van der Waals surface area contributed by atoms with Gasteiger partial charge in [-0.3, -0.25) is 27.1 Å². The summed E-state index contributed by atoms with van der Waals surface area (Å²) in [6, 6.07) is -2.13. The zero-order valence-corrected chi connectivity index (χ0v) is 25.9. The van der Waals surface area contributed by atoms with E-state index < -0.39 is 76.9 Å². The smallest absolute Gasteiger partial charge is 0.382 e. The van der Waals surface area contributed by atoms with Crippen LogP contribution in [0.15, 0.2) is 0 Å². The molecular formula is C23H35B3N2O13P2. The molecule has 15 nitrogen and oxygen atoms in total. The maximum atomic E-state index is 13.7. The van der Waals surface area contributed by atoms with Gasteiger partial charge in [0.1, 0.15) is 55.1 Å². The third kappa shape index (κ3) is 11.5. The first-order chi connectivity index (χ1) is 20.5. The number of phosphoric acid groups is 2. The Hall–Kier alpha value is -0.805. The topological polar surface area (TPSA) is 144 Å². The minimum Gasteiger partial charge on any atom is -0.382 e. The van der Waals surface area contributed by atoms with Crippen LogP contribution in [0, 0.1) is 13.1 Å². The zero-order valence-electron chi connectivity index (χ0n) is 24.1. The standard InChI is InChI=1S/C23H35B3N2O13P2/c1-27-5-7-33-42(29,35-13-19-15(32-4)9-21(24)38-19)41-17-11-23(26)39-20(17)14-36-43(30,34-8-6-28-2)40-16-10-22(25)37-18(16)12-31-3/h15-23H,5-14H2,3-4H3/t15?,16?,17?,18-,19-,20-,21-,22-,23-,42?,43?/m1/s1. The number of rotatable bonds is 19. The van der Waals surface area contributed by atoms with Crippen molar-refractivity contribution in [1.29, 1.82) is 0 Å². The van der Waals surface area contributed by atoms with E-state index in [0.29, 0.717) is 6.42 Å². The molecule has 3 saturated heterocycles. The third-order valence-corrected chi connectivity index (χ3v) is 9.53. The van der Waals surface area contributed by atoms with Crippen molar-refractivity contribution in [2.75, 3.05) is 60.3 Å². The summed E-state index contributed by atoms with van der Waals surface area (Å²) in [6.07, 6.45) is -3.87. The van der Waals surface area contributed by atoms with E-state index in [1.165, 1.54) is 14.2 Å². The summed E-state index contributed by atoms with van der Waals surface area (Å²) >= 11 is 0. The molecule has 0 aromatic carbocycles. The molecule has 0 spiro atoms. The Balaban J connectivity index is 1.69. The van der Waals surface area contributed by atoms with Crippen LogP contribution in [-0.4, -0.2) is 139 Å². The molecule has 43 heavy (non-hydrogen) atoms. The van der Waals surface area contributed by atoms with Crippen LogP contribution >= 0.6 is 15.6 Å². The normalized spacial score (nSPS) is 35.2. The van der Waals surface area contributed by atoms with Crippen molar-refractivity contribution in [2.24, 2.45) is 0 Å². The van der Waals surface area contributed by atoms with Crippen molar-refractivity contribution >= 4 is 39.2 Å². The molecule has 6 radical (unpaired) electrons. The molecule has 5 unspecified atom stereocenters. The van der Waals surface area contributed by atoms with Crippen LogP contribution in [0.4, 0.5) is 0 Å². The van der Waals surface area contributed by atoms with E-state index in [4.69, 9.17) is 87.5 Å². The fourth-order valence-corrected chi connectivity index (χ4v) is 7.34. The van der Waals surface area contributed by atoms with Gasteiger partial charge in [-0.2, -0.15) is 0 Å². The quantitative estimate of drug-likeness (QED) is 0.0868. The molecule has 3 aliphatic rings. The zero-order chi connectivity index (χ0) is 31.5. The molecule has 0 aliphatic carbocycles. The molecule has 0 amide bonds. The lowest BCUT2D eigenvalue weighted by molar-refractivity contribution is -0.0430. The molecule has 234 valence electrons. The minimum absolute atomic E-state index is 0.0457. The van der Waals surface area contributed by atoms with Crippen LogP contribution < -0.4 is 0 Å². The van der Waals surface area contributed by atoms with Crippen molar-refractivity contribution < 1.29 is 60.0 Å². The molecule has 3 aliphatic heterocycles. The predicted molar refractivity (Wildman–Crippen MR) is 151 cm³/mol. The lowest BCUT2D eigenvalue weighted by Gasteiger charge is -2.27. The first kappa shape index (κ1) is 36.7. The van der Waals surface area contributed by atoms with Crippen LogP contribution in [0.3, 0.4) is 0 Å². The first-order valence-electron chi connectivity index (χ1n) is 13.6. The number of hydrogen-bond acceptors (Lipinski definition) is 13. The molecular weight excluding hydrogens is 607 g/mol. The highest BCUT2D eigenvalue weighted by Crippen LogP contribution is 2.55. The van der Waals surface area contributed by atoms with Gasteiger partial charge in [0.15, 0.2) is 0 Å². The number of nitrogens with zero attached hydrogens (tertiary/aromatic N) is 2. The number of ether oxygens (including phenoxy) is 5. The van der Waals surface area contributed by atoms with E-state index in [1.807, 2.05) is 0 Å². The van der Waals surface area contributed by atoms with Crippen LogP contribution in [-0.2, 0) is 60.0 Å². The maximum Gasteiger partial charge on any atom is 0.475 e. The Morgan fingerprint density at radius 2 is 1.07 bits per heavy atom. The Labute approximate surface area is 256 Å². The number of methoxy groups -OCH3 is 2. The van der Waals surface area contributed by atoms with Gasteiger partial charge in [-0.1, -0.05) is 0 Å². The van der Waals surface area contributed by atoms with Crippen molar-refractivity contribution in [3.63, 3.8) is 0 Å². The summed E-state index contributed by atoms with van der Waals surface area (Å²) in [7, 11) is 12.0. The van der Waals surface area contributed by atoms with E-state index in [-0.39, 0.29) is 52.4 Å². The van der Waals surface area contributed by atoms with Crippen molar-refractivity contribution in [3.05, 3.63) is 22.8 Å². The van der Waals surface area contributed by atoms with Gasteiger partial charge in [0.2, 0.25) is 13.1 Å². The van der Waals surface area contributed by atoms with E-state index in [0.717, 1.165) is 0 Å². The number of hydrogen-bond donors (Lipinski definition) is 0. The SMILES string of the molecule is [B][C@H]1CC(OC)[C@@H](COP(=O)(OCC[N+]#[C-])OC2C[C@H]([B])O[C@@H]2COP(=O)(OCC[N+]#[C-])OC2C[C@H]([B])O[C@@H]2COC)O1. The second kappa shape index (κ2) is 17.8. The van der Waals surface area contributed by atoms with Gasteiger partial charge in [-0.05, 0) is 19.3 Å². The lowest BCUT2D eigenvalue weighted by atomic mass is 9.96. The second-order valence-corrected chi connectivity index (χ2v) is 13.0. The Morgan fingerprint density at radius 1 is 0.674 bits per heavy atom. The molecule has 0 aromatic rings. The summed E-state index contributed by atoms with van der Waals surface area (Å²) in [5.41, 5.74) is 0. The maximum absolute atomic E-state index is 13.7. The van der Waals surface area contributed by atoms with E-state index in [9.17, 15) is 9.13 Å². The monoisotopic (exact) mass is 642 g/mol. The van der Waals surface area contributed by atoms with Crippen LogP contribution in [0.1, 0.15) is 19.3 Å². The van der Waals surface area contributed by atoms with E-state index in [2.05, 4.69) is 9.69 Å². The van der Waals surface area contributed by atoms with Gasteiger partial charge in [0.25, 0.3) is 0 Å². The van der Waals surface area contributed by atoms with Crippen molar-refractivity contribution in [1.82, 2.24) is 0 Å². The van der Waals surface area contributed by atoms with Gasteiger partial charge in [0, 0.05) is 32.2 Å². The highest BCUT2D eigenvalue weighted by molar-refractivity contribution is 7.48. The molecule has 0 bridgehead atoms. The summed E-state index contributed by atoms with van der Waals surface area (Å²) in [5.74, 6) is 0. The Kier molecular flexibility index (Phi) is 15.2. The van der Waals surface area contributed by atoms with Crippen LogP contribution in [0.5, 0.6) is 0 Å². The number of phosphoric ester groups is 2. The average Bonchev–Trinajstić information content (AvgIpc) is 3.61. The van der Waals surface area contributed by atoms with Gasteiger partial charge in [0.05, 0.1) is 38.1 Å². The molecule has 0 saturated carbocycles. The highest BCUT2D eigenvalue weighted by atomic mass is 31.2. The van der Waals surface area contributed by atoms with E-state index >= 15 is 0 Å². The van der Waals surface area contributed by atoms with Gasteiger partial charge >= 0.3 is 15.6 Å². The second-order valence-electron chi connectivity index (χ2n) is 9.78. The van der Waals surface area contributed by atoms with Crippen LogP contribution in [0.25, 0.3) is 9.69 Å². The molecule has 3 fully saturated rings. The van der Waals surface area contributed by atoms with Gasteiger partial charge in [-0.25, -0.2) is 22.3 Å². The Morgan fingerprint density at radius 3 is 1.47 bits per heavy atom. The van der Waals surface area contributed by atoms with Gasteiger partial charge < -0.3 is 33.4 Å². The lowest BCUT2D eigenvalue weighted by Crippen LogP contribution is -2.32.